The summed E-state index contributed by atoms with van der Waals surface area (Å²) in [6.45, 7) is 11.3. The van der Waals surface area contributed by atoms with Crippen LogP contribution in [0.5, 0.6) is 0 Å². The van der Waals surface area contributed by atoms with Crippen molar-refractivity contribution in [3.05, 3.63) is 35.4 Å². The molecule has 1 aromatic rings. The minimum Gasteiger partial charge on any atom is -0.317 e. The number of nitrogens with one attached hydrogen (secondary N) is 1. The molecular formula is C18H31N. The van der Waals surface area contributed by atoms with Crippen LogP contribution in [0.15, 0.2) is 24.3 Å². The Labute approximate surface area is 119 Å². The molecule has 0 aromatic heterocycles. The Hall–Kier alpha value is -0.820. The van der Waals surface area contributed by atoms with Gasteiger partial charge in [0.25, 0.3) is 0 Å². The van der Waals surface area contributed by atoms with Crippen LogP contribution in [0, 0.1) is 18.8 Å². The van der Waals surface area contributed by atoms with Crippen molar-refractivity contribution in [3.8, 4) is 0 Å². The maximum absolute atomic E-state index is 3.53. The molecule has 0 heterocycles. The Balaban J connectivity index is 2.54. The molecule has 0 saturated carbocycles. The Morgan fingerprint density at radius 1 is 1.11 bits per heavy atom. The highest BCUT2D eigenvalue weighted by atomic mass is 14.8. The number of hydrogen-bond donors (Lipinski definition) is 1. The largest absolute Gasteiger partial charge is 0.317 e. The van der Waals surface area contributed by atoms with Gasteiger partial charge in [-0.3, -0.25) is 0 Å². The van der Waals surface area contributed by atoms with Gasteiger partial charge in [-0.15, -0.1) is 0 Å². The fourth-order valence-electron chi connectivity index (χ4n) is 2.82. The number of aryl methyl sites for hydroxylation is 1. The third-order valence-electron chi connectivity index (χ3n) is 3.85. The van der Waals surface area contributed by atoms with Crippen molar-refractivity contribution >= 4 is 0 Å². The molecule has 1 nitrogen and oxygen atoms in total. The van der Waals surface area contributed by atoms with Crippen LogP contribution in [0.1, 0.15) is 51.2 Å². The average molecular weight is 261 g/mol. The van der Waals surface area contributed by atoms with Gasteiger partial charge in [0.2, 0.25) is 0 Å². The van der Waals surface area contributed by atoms with Gasteiger partial charge in [0, 0.05) is 0 Å². The summed E-state index contributed by atoms with van der Waals surface area (Å²) >= 11 is 0. The van der Waals surface area contributed by atoms with Crippen molar-refractivity contribution in [1.29, 1.82) is 0 Å². The maximum atomic E-state index is 3.53. The van der Waals surface area contributed by atoms with Gasteiger partial charge in [0.15, 0.2) is 0 Å². The van der Waals surface area contributed by atoms with E-state index in [1.165, 1.54) is 36.8 Å². The van der Waals surface area contributed by atoms with Crippen LogP contribution in [0.3, 0.4) is 0 Å². The van der Waals surface area contributed by atoms with Crippen LogP contribution < -0.4 is 5.32 Å². The smallest absolute Gasteiger partial charge is 0.00174 e. The second-order valence-corrected chi connectivity index (χ2v) is 5.99. The van der Waals surface area contributed by atoms with Crippen LogP contribution in [0.4, 0.5) is 0 Å². The lowest BCUT2D eigenvalue weighted by molar-refractivity contribution is 0.356. The van der Waals surface area contributed by atoms with E-state index in [0.717, 1.165) is 24.9 Å². The van der Waals surface area contributed by atoms with Crippen LogP contribution in [0.2, 0.25) is 0 Å². The van der Waals surface area contributed by atoms with Crippen LogP contribution in [-0.2, 0) is 6.42 Å². The van der Waals surface area contributed by atoms with Gasteiger partial charge in [-0.25, -0.2) is 0 Å². The normalized spacial score (nSPS) is 14.3. The fourth-order valence-corrected chi connectivity index (χ4v) is 2.82. The standard InChI is InChI=1S/C18H31N/c1-5-7-16(4)12-18(14-19-6-2)13-17-10-8-15(3)9-11-17/h8-11,16,18-19H,5-7,12-14H2,1-4H3. The first kappa shape index (κ1) is 16.2. The molecule has 0 spiro atoms. The maximum Gasteiger partial charge on any atom is -0.00174 e. The second-order valence-electron chi connectivity index (χ2n) is 5.99. The Morgan fingerprint density at radius 2 is 1.79 bits per heavy atom. The summed E-state index contributed by atoms with van der Waals surface area (Å²) in [5.74, 6) is 1.61. The van der Waals surface area contributed by atoms with E-state index >= 15 is 0 Å². The predicted molar refractivity (Wildman–Crippen MR) is 85.6 cm³/mol. The lowest BCUT2D eigenvalue weighted by Crippen LogP contribution is -2.25. The van der Waals surface area contributed by atoms with Crippen LogP contribution in [0.25, 0.3) is 0 Å². The summed E-state index contributed by atoms with van der Waals surface area (Å²) < 4.78 is 0. The molecule has 2 atom stereocenters. The van der Waals surface area contributed by atoms with Gasteiger partial charge in [-0.1, -0.05) is 63.4 Å². The molecule has 0 saturated heterocycles. The van der Waals surface area contributed by atoms with Crippen molar-refractivity contribution in [3.63, 3.8) is 0 Å². The molecular weight excluding hydrogens is 230 g/mol. The molecule has 2 unspecified atom stereocenters. The van der Waals surface area contributed by atoms with Gasteiger partial charge in [0.05, 0.1) is 0 Å². The summed E-state index contributed by atoms with van der Waals surface area (Å²) in [5, 5.41) is 3.53. The van der Waals surface area contributed by atoms with E-state index in [-0.39, 0.29) is 0 Å². The first-order valence-corrected chi connectivity index (χ1v) is 7.91. The molecule has 0 fully saturated rings. The van der Waals surface area contributed by atoms with Crippen molar-refractivity contribution in [2.45, 2.75) is 53.4 Å². The van der Waals surface area contributed by atoms with Crippen molar-refractivity contribution in [1.82, 2.24) is 5.32 Å². The summed E-state index contributed by atoms with van der Waals surface area (Å²) in [6.07, 6.45) is 5.21. The number of hydrogen-bond acceptors (Lipinski definition) is 1. The van der Waals surface area contributed by atoms with Gasteiger partial charge in [-0.2, -0.15) is 0 Å². The first-order valence-electron chi connectivity index (χ1n) is 7.91. The number of benzene rings is 1. The van der Waals surface area contributed by atoms with Gasteiger partial charge in [-0.05, 0) is 50.3 Å². The highest BCUT2D eigenvalue weighted by Gasteiger charge is 2.13. The Morgan fingerprint density at radius 3 is 2.37 bits per heavy atom. The summed E-state index contributed by atoms with van der Waals surface area (Å²) in [5.41, 5.74) is 2.84. The summed E-state index contributed by atoms with van der Waals surface area (Å²) in [7, 11) is 0. The zero-order chi connectivity index (χ0) is 14.1. The minimum absolute atomic E-state index is 0.768. The van der Waals surface area contributed by atoms with E-state index in [2.05, 4.69) is 57.3 Å². The fraction of sp³-hybridized carbons (Fsp3) is 0.667. The van der Waals surface area contributed by atoms with Gasteiger partial charge >= 0.3 is 0 Å². The molecule has 1 N–H and O–H groups in total. The molecule has 0 aliphatic heterocycles. The third kappa shape index (κ3) is 6.77. The van der Waals surface area contributed by atoms with E-state index in [1.54, 1.807) is 0 Å². The first-order chi connectivity index (χ1) is 9.15. The molecule has 0 aliphatic rings. The van der Waals surface area contributed by atoms with Crippen molar-refractivity contribution in [2.75, 3.05) is 13.1 Å². The molecule has 0 amide bonds. The average Bonchev–Trinajstić information content (AvgIpc) is 2.39. The lowest BCUT2D eigenvalue weighted by atomic mass is 9.88. The molecule has 1 aromatic carbocycles. The quantitative estimate of drug-likeness (QED) is 0.685. The molecule has 0 radical (unpaired) electrons. The molecule has 19 heavy (non-hydrogen) atoms. The van der Waals surface area contributed by atoms with E-state index in [0.29, 0.717) is 0 Å². The Bertz CT molecular complexity index is 328. The molecule has 1 rings (SSSR count). The minimum atomic E-state index is 0.768. The van der Waals surface area contributed by atoms with Crippen LogP contribution in [-0.4, -0.2) is 13.1 Å². The van der Waals surface area contributed by atoms with Crippen molar-refractivity contribution < 1.29 is 0 Å². The van der Waals surface area contributed by atoms with Crippen LogP contribution >= 0.6 is 0 Å². The second kappa shape index (κ2) is 9.14. The Kier molecular flexibility index (Phi) is 7.81. The molecule has 0 bridgehead atoms. The highest BCUT2D eigenvalue weighted by molar-refractivity contribution is 5.21. The van der Waals surface area contributed by atoms with E-state index in [9.17, 15) is 0 Å². The molecule has 0 aliphatic carbocycles. The zero-order valence-corrected chi connectivity index (χ0v) is 13.2. The van der Waals surface area contributed by atoms with Gasteiger partial charge in [0.1, 0.15) is 0 Å². The summed E-state index contributed by atoms with van der Waals surface area (Å²) in [4.78, 5) is 0. The number of rotatable bonds is 9. The third-order valence-corrected chi connectivity index (χ3v) is 3.85. The molecule has 108 valence electrons. The summed E-state index contributed by atoms with van der Waals surface area (Å²) in [6, 6.07) is 9.04. The lowest BCUT2D eigenvalue weighted by Gasteiger charge is -2.21. The van der Waals surface area contributed by atoms with E-state index in [1.807, 2.05) is 0 Å². The monoisotopic (exact) mass is 261 g/mol. The topological polar surface area (TPSA) is 12.0 Å². The van der Waals surface area contributed by atoms with Gasteiger partial charge < -0.3 is 5.32 Å². The van der Waals surface area contributed by atoms with E-state index in [4.69, 9.17) is 0 Å². The van der Waals surface area contributed by atoms with Crippen molar-refractivity contribution in [2.24, 2.45) is 11.8 Å². The molecule has 1 heteroatoms. The predicted octanol–water partition coefficient (Wildman–Crippen LogP) is 4.59. The SMILES string of the molecule is CCCC(C)CC(CNCC)Cc1ccc(C)cc1. The highest BCUT2D eigenvalue weighted by Crippen LogP contribution is 2.20. The zero-order valence-electron chi connectivity index (χ0n) is 13.2. The van der Waals surface area contributed by atoms with E-state index < -0.39 is 0 Å².